The molecule has 0 heterocycles. The zero-order valence-electron chi connectivity index (χ0n) is 16.3. The molecule has 144 valence electrons. The van der Waals surface area contributed by atoms with Crippen molar-refractivity contribution in [1.82, 2.24) is 0 Å². The van der Waals surface area contributed by atoms with E-state index in [9.17, 15) is 0 Å². The van der Waals surface area contributed by atoms with E-state index in [2.05, 4.69) is 97.1 Å². The zero-order valence-corrected chi connectivity index (χ0v) is 18.0. The summed E-state index contributed by atoms with van der Waals surface area (Å²) in [5.74, 6) is 0.838. The third-order valence-electron chi connectivity index (χ3n) is 5.25. The van der Waals surface area contributed by atoms with Crippen molar-refractivity contribution in [3.05, 3.63) is 120 Å². The first-order valence-corrected chi connectivity index (χ1v) is 12.0. The first-order chi connectivity index (χ1) is 14.2. The summed E-state index contributed by atoms with van der Waals surface area (Å²) in [6.07, 6.45) is 0.866. The van der Waals surface area contributed by atoms with E-state index in [0.717, 1.165) is 11.9 Å². The summed E-state index contributed by atoms with van der Waals surface area (Å²) in [7, 11) is -0.242. The topological polar surface area (TPSA) is 9.23 Å². The van der Waals surface area contributed by atoms with Gasteiger partial charge in [0.25, 0.3) is 0 Å². The van der Waals surface area contributed by atoms with Gasteiger partial charge in [-0.3, -0.25) is 0 Å². The Hall–Kier alpha value is -2.60. The molecule has 3 heteroatoms. The molecular weight excluding hydrogens is 395 g/mol. The number of methoxy groups -OCH3 is 1. The monoisotopic (exact) mass is 417 g/mol. The van der Waals surface area contributed by atoms with E-state index >= 15 is 0 Å². The summed E-state index contributed by atoms with van der Waals surface area (Å²) >= 11 is 6.25. The number of benzene rings is 4. The maximum Gasteiger partial charge on any atom is 0.127 e. The van der Waals surface area contributed by atoms with Gasteiger partial charge in [0.2, 0.25) is 0 Å². The Balaban J connectivity index is 2.01. The van der Waals surface area contributed by atoms with Gasteiger partial charge in [-0.25, -0.2) is 0 Å². The molecule has 29 heavy (non-hydrogen) atoms. The SMILES string of the molecule is COc1cc(Cl)ccc1C[P+](c1ccccc1)(c1ccccc1)c1ccccc1. The van der Waals surface area contributed by atoms with Crippen molar-refractivity contribution in [2.24, 2.45) is 0 Å². The maximum atomic E-state index is 6.25. The molecule has 1 nitrogen and oxygen atoms in total. The lowest BCUT2D eigenvalue weighted by molar-refractivity contribution is 0.411. The van der Waals surface area contributed by atoms with Crippen LogP contribution < -0.4 is 20.7 Å². The van der Waals surface area contributed by atoms with Crippen molar-refractivity contribution in [1.29, 1.82) is 0 Å². The first kappa shape index (κ1) is 19.7. The Morgan fingerprint density at radius 1 is 0.655 bits per heavy atom. The number of halogens is 1. The lowest BCUT2D eigenvalue weighted by Gasteiger charge is -2.28. The molecule has 0 saturated heterocycles. The van der Waals surface area contributed by atoms with Gasteiger partial charge in [-0.05, 0) is 48.5 Å². The number of rotatable bonds is 6. The van der Waals surface area contributed by atoms with Gasteiger partial charge in [0.1, 0.15) is 35.1 Å². The van der Waals surface area contributed by atoms with E-state index in [-0.39, 0.29) is 0 Å². The summed E-state index contributed by atoms with van der Waals surface area (Å²) < 4.78 is 5.71. The molecule has 0 fully saturated rings. The highest BCUT2D eigenvalue weighted by Crippen LogP contribution is 2.59. The molecule has 0 radical (unpaired) electrons. The molecule has 0 bridgehead atoms. The van der Waals surface area contributed by atoms with E-state index in [4.69, 9.17) is 16.3 Å². The van der Waals surface area contributed by atoms with E-state index in [0.29, 0.717) is 5.02 Å². The van der Waals surface area contributed by atoms with E-state index in [1.165, 1.54) is 21.5 Å². The number of hydrogen-bond acceptors (Lipinski definition) is 1. The second-order valence-corrected chi connectivity index (χ2v) is 10.9. The summed E-state index contributed by atoms with van der Waals surface area (Å²) in [4.78, 5) is 0. The highest BCUT2D eigenvalue weighted by molar-refractivity contribution is 7.95. The Morgan fingerprint density at radius 3 is 1.52 bits per heavy atom. The molecule has 0 aliphatic carbocycles. The van der Waals surface area contributed by atoms with Crippen molar-refractivity contribution in [2.45, 2.75) is 6.16 Å². The van der Waals surface area contributed by atoms with Gasteiger partial charge in [0.05, 0.1) is 7.11 Å². The van der Waals surface area contributed by atoms with Gasteiger partial charge in [-0.15, -0.1) is 0 Å². The van der Waals surface area contributed by atoms with E-state index in [1.54, 1.807) is 7.11 Å². The molecule has 0 aromatic heterocycles. The van der Waals surface area contributed by atoms with Crippen LogP contribution in [0.5, 0.6) is 5.75 Å². The van der Waals surface area contributed by atoms with Crippen molar-refractivity contribution >= 4 is 34.8 Å². The summed E-state index contributed by atoms with van der Waals surface area (Å²) in [6, 6.07) is 38.6. The van der Waals surface area contributed by atoms with Gasteiger partial charge in [0, 0.05) is 10.6 Å². The zero-order chi connectivity index (χ0) is 20.1. The molecule has 0 spiro atoms. The van der Waals surface area contributed by atoms with Crippen LogP contribution in [0.1, 0.15) is 5.56 Å². The molecular formula is C26H23ClOP+. The summed E-state index contributed by atoms with van der Waals surface area (Å²) in [5, 5.41) is 4.76. The molecule has 0 aliphatic heterocycles. The third kappa shape index (κ3) is 3.94. The first-order valence-electron chi connectivity index (χ1n) is 9.61. The molecule has 0 N–H and O–H groups in total. The minimum atomic E-state index is -1.95. The predicted octanol–water partition coefficient (Wildman–Crippen LogP) is 5.84. The average Bonchev–Trinajstić information content (AvgIpc) is 2.80. The molecule has 4 aromatic carbocycles. The predicted molar refractivity (Wildman–Crippen MR) is 127 cm³/mol. The second-order valence-electron chi connectivity index (χ2n) is 6.93. The maximum absolute atomic E-state index is 6.25. The van der Waals surface area contributed by atoms with Crippen LogP contribution in [0, 0.1) is 0 Å². The Kier molecular flexibility index (Phi) is 6.00. The fourth-order valence-corrected chi connectivity index (χ4v) is 8.29. The molecule has 0 amide bonds. The number of hydrogen-bond donors (Lipinski definition) is 0. The quantitative estimate of drug-likeness (QED) is 0.358. The molecule has 0 aliphatic rings. The van der Waals surface area contributed by atoms with Gasteiger partial charge >= 0.3 is 0 Å². The van der Waals surface area contributed by atoms with Gasteiger partial charge in [0.15, 0.2) is 0 Å². The fourth-order valence-electron chi connectivity index (χ4n) is 3.87. The minimum absolute atomic E-state index is 0.689. The summed E-state index contributed by atoms with van der Waals surface area (Å²) in [5.41, 5.74) is 1.17. The van der Waals surface area contributed by atoms with Crippen molar-refractivity contribution in [2.75, 3.05) is 7.11 Å². The highest BCUT2D eigenvalue weighted by atomic mass is 35.5. The van der Waals surface area contributed by atoms with Crippen LogP contribution in [-0.4, -0.2) is 7.11 Å². The fraction of sp³-hybridized carbons (Fsp3) is 0.0769. The van der Waals surface area contributed by atoms with E-state index < -0.39 is 7.26 Å². The minimum Gasteiger partial charge on any atom is -0.496 e. The van der Waals surface area contributed by atoms with Crippen LogP contribution in [0.4, 0.5) is 0 Å². The van der Waals surface area contributed by atoms with Crippen LogP contribution in [0.15, 0.2) is 109 Å². The van der Waals surface area contributed by atoms with Crippen molar-refractivity contribution in [3.8, 4) is 5.75 Å². The molecule has 0 atom stereocenters. The molecule has 4 aromatic rings. The Morgan fingerprint density at radius 2 is 1.10 bits per heavy atom. The summed E-state index contributed by atoms with van der Waals surface area (Å²) in [6.45, 7) is 0. The molecule has 4 rings (SSSR count). The van der Waals surface area contributed by atoms with Gasteiger partial charge in [-0.2, -0.15) is 0 Å². The van der Waals surface area contributed by atoms with Crippen LogP contribution in [0.25, 0.3) is 0 Å². The smallest absolute Gasteiger partial charge is 0.127 e. The number of ether oxygens (including phenoxy) is 1. The molecule has 0 saturated carbocycles. The average molecular weight is 418 g/mol. The van der Waals surface area contributed by atoms with Crippen LogP contribution in [-0.2, 0) is 6.16 Å². The van der Waals surface area contributed by atoms with Crippen LogP contribution in [0.3, 0.4) is 0 Å². The Labute approximate surface area is 178 Å². The van der Waals surface area contributed by atoms with Gasteiger partial charge in [-0.1, -0.05) is 72.3 Å². The van der Waals surface area contributed by atoms with Crippen LogP contribution >= 0.6 is 18.9 Å². The highest BCUT2D eigenvalue weighted by Gasteiger charge is 2.45. The van der Waals surface area contributed by atoms with Crippen LogP contribution in [0.2, 0.25) is 5.02 Å². The largest absolute Gasteiger partial charge is 0.496 e. The standard InChI is InChI=1S/C26H23ClOP/c1-28-26-19-22(27)18-17-21(26)20-29(23-11-5-2-6-12-23,24-13-7-3-8-14-24)25-15-9-4-10-16-25/h2-19H,20H2,1H3/q+1. The van der Waals surface area contributed by atoms with Gasteiger partial charge < -0.3 is 4.74 Å². The van der Waals surface area contributed by atoms with Crippen molar-refractivity contribution < 1.29 is 4.74 Å². The normalized spacial score (nSPS) is 11.2. The lowest BCUT2D eigenvalue weighted by Crippen LogP contribution is -2.32. The van der Waals surface area contributed by atoms with E-state index in [1.807, 2.05) is 12.1 Å². The lowest BCUT2D eigenvalue weighted by atomic mass is 10.2. The second kappa shape index (κ2) is 8.82. The molecule has 0 unspecified atom stereocenters. The van der Waals surface area contributed by atoms with Crippen molar-refractivity contribution in [3.63, 3.8) is 0 Å². The Bertz CT molecular complexity index is 969. The third-order valence-corrected chi connectivity index (χ3v) is 9.84.